The molecule has 0 spiro atoms. The van der Waals surface area contributed by atoms with E-state index < -0.39 is 0 Å². The Kier molecular flexibility index (Phi) is 2.95. The Morgan fingerprint density at radius 2 is 2.24 bits per heavy atom. The van der Waals surface area contributed by atoms with Gasteiger partial charge >= 0.3 is 0 Å². The molecular weight excluding hydrogens is 220 g/mol. The lowest BCUT2D eigenvalue weighted by Gasteiger charge is -1.97. The fraction of sp³-hybridized carbons (Fsp3) is 0.364. The van der Waals surface area contributed by atoms with Crippen LogP contribution < -0.4 is 5.32 Å². The number of carbonyl (C=O) groups excluding carboxylic acids is 1. The Labute approximate surface area is 98.4 Å². The van der Waals surface area contributed by atoms with Crippen molar-refractivity contribution < 1.29 is 9.32 Å². The van der Waals surface area contributed by atoms with Gasteiger partial charge in [0.15, 0.2) is 11.5 Å². The molecule has 0 unspecified atom stereocenters. The molecule has 0 aliphatic heterocycles. The minimum atomic E-state index is -0.330. The fourth-order valence-electron chi connectivity index (χ4n) is 1.35. The average Bonchev–Trinajstić information content (AvgIpc) is 2.86. The summed E-state index contributed by atoms with van der Waals surface area (Å²) >= 11 is 0. The van der Waals surface area contributed by atoms with Crippen molar-refractivity contribution in [2.45, 2.75) is 26.7 Å². The molecule has 1 amide bonds. The minimum absolute atomic E-state index is 0.247. The van der Waals surface area contributed by atoms with E-state index in [0.717, 1.165) is 5.69 Å². The highest BCUT2D eigenvalue weighted by atomic mass is 16.5. The van der Waals surface area contributed by atoms with Crippen molar-refractivity contribution >= 4 is 11.7 Å². The van der Waals surface area contributed by atoms with Gasteiger partial charge in [-0.25, -0.2) is 0 Å². The number of H-pyrrole nitrogens is 1. The van der Waals surface area contributed by atoms with E-state index in [1.165, 1.54) is 0 Å². The molecule has 6 heteroatoms. The van der Waals surface area contributed by atoms with Crippen LogP contribution in [0.2, 0.25) is 0 Å². The largest absolute Gasteiger partial charge is 0.361 e. The van der Waals surface area contributed by atoms with Crippen LogP contribution in [0.25, 0.3) is 0 Å². The first-order valence-electron chi connectivity index (χ1n) is 5.36. The van der Waals surface area contributed by atoms with Crippen LogP contribution in [-0.4, -0.2) is 21.3 Å². The van der Waals surface area contributed by atoms with Gasteiger partial charge < -0.3 is 9.84 Å². The number of aryl methyl sites for hydroxylation is 1. The summed E-state index contributed by atoms with van der Waals surface area (Å²) in [5.74, 6) is 1.09. The summed E-state index contributed by atoms with van der Waals surface area (Å²) in [6.07, 6.45) is 0. The van der Waals surface area contributed by atoms with Gasteiger partial charge in [0.05, 0.1) is 0 Å². The number of nitrogens with one attached hydrogen (secondary N) is 2. The molecule has 90 valence electrons. The molecule has 0 saturated carbocycles. The van der Waals surface area contributed by atoms with Crippen molar-refractivity contribution in [1.82, 2.24) is 15.4 Å². The average molecular weight is 234 g/mol. The molecule has 0 aromatic carbocycles. The van der Waals surface area contributed by atoms with Crippen molar-refractivity contribution in [3.05, 3.63) is 29.3 Å². The Hall–Kier alpha value is -2.11. The summed E-state index contributed by atoms with van der Waals surface area (Å²) in [4.78, 5) is 11.7. The number of aromatic amines is 1. The first-order valence-corrected chi connectivity index (χ1v) is 5.36. The second-order valence-corrected chi connectivity index (χ2v) is 4.14. The number of hydrogen-bond acceptors (Lipinski definition) is 4. The maximum atomic E-state index is 11.7. The molecule has 2 rings (SSSR count). The van der Waals surface area contributed by atoms with Crippen LogP contribution >= 0.6 is 0 Å². The molecule has 2 heterocycles. The lowest BCUT2D eigenvalue weighted by Crippen LogP contribution is -2.12. The number of anilines is 1. The molecule has 2 aromatic heterocycles. The quantitative estimate of drug-likeness (QED) is 0.851. The number of carbonyl (C=O) groups is 1. The summed E-state index contributed by atoms with van der Waals surface area (Å²) in [5.41, 5.74) is 1.22. The first kappa shape index (κ1) is 11.4. The Morgan fingerprint density at radius 3 is 2.76 bits per heavy atom. The van der Waals surface area contributed by atoms with E-state index in [1.54, 1.807) is 19.1 Å². The number of amides is 1. The molecule has 0 atom stereocenters. The highest BCUT2D eigenvalue weighted by Crippen LogP contribution is 2.15. The Bertz CT molecular complexity index is 527. The van der Waals surface area contributed by atoms with Crippen LogP contribution in [0.15, 0.2) is 16.7 Å². The van der Waals surface area contributed by atoms with Gasteiger partial charge in [-0.2, -0.15) is 5.10 Å². The Balaban J connectivity index is 2.07. The first-order chi connectivity index (χ1) is 8.06. The second-order valence-electron chi connectivity index (χ2n) is 4.14. The van der Waals surface area contributed by atoms with E-state index in [-0.39, 0.29) is 11.6 Å². The van der Waals surface area contributed by atoms with Gasteiger partial charge in [0.2, 0.25) is 0 Å². The SMILES string of the molecule is Cc1cc(C(=O)Nc2cc(C(C)C)[nH]n2)no1. The normalized spacial score (nSPS) is 10.8. The molecule has 0 saturated heterocycles. The van der Waals surface area contributed by atoms with Gasteiger partial charge in [0.25, 0.3) is 5.91 Å². The molecule has 0 aliphatic carbocycles. The van der Waals surface area contributed by atoms with Gasteiger partial charge in [-0.1, -0.05) is 19.0 Å². The monoisotopic (exact) mass is 234 g/mol. The number of hydrogen-bond donors (Lipinski definition) is 2. The zero-order valence-electron chi connectivity index (χ0n) is 9.94. The Morgan fingerprint density at radius 1 is 1.47 bits per heavy atom. The van der Waals surface area contributed by atoms with Crippen LogP contribution in [-0.2, 0) is 0 Å². The molecule has 2 N–H and O–H groups in total. The third-order valence-corrected chi connectivity index (χ3v) is 2.32. The van der Waals surface area contributed by atoms with Crippen LogP contribution in [0.3, 0.4) is 0 Å². The van der Waals surface area contributed by atoms with Crippen molar-refractivity contribution in [3.63, 3.8) is 0 Å². The molecule has 0 radical (unpaired) electrons. The van der Waals surface area contributed by atoms with Crippen LogP contribution in [0, 0.1) is 6.92 Å². The van der Waals surface area contributed by atoms with Gasteiger partial charge in [-0.05, 0) is 12.8 Å². The smallest absolute Gasteiger partial charge is 0.279 e. The maximum Gasteiger partial charge on any atom is 0.279 e. The zero-order chi connectivity index (χ0) is 12.4. The van der Waals surface area contributed by atoms with Gasteiger partial charge in [0.1, 0.15) is 5.76 Å². The van der Waals surface area contributed by atoms with Crippen molar-refractivity contribution in [2.75, 3.05) is 5.32 Å². The van der Waals surface area contributed by atoms with E-state index >= 15 is 0 Å². The van der Waals surface area contributed by atoms with Crippen molar-refractivity contribution in [1.29, 1.82) is 0 Å². The lowest BCUT2D eigenvalue weighted by molar-refractivity contribution is 0.101. The molecule has 6 nitrogen and oxygen atoms in total. The summed E-state index contributed by atoms with van der Waals surface area (Å²) in [6, 6.07) is 3.38. The number of nitrogens with zero attached hydrogens (tertiary/aromatic N) is 2. The van der Waals surface area contributed by atoms with E-state index in [0.29, 0.717) is 17.5 Å². The minimum Gasteiger partial charge on any atom is -0.361 e. The lowest BCUT2D eigenvalue weighted by atomic mass is 10.1. The predicted molar refractivity (Wildman–Crippen MR) is 61.9 cm³/mol. The summed E-state index contributed by atoms with van der Waals surface area (Å²) in [6.45, 7) is 5.81. The van der Waals surface area contributed by atoms with E-state index in [1.807, 2.05) is 13.8 Å². The van der Waals surface area contributed by atoms with Gasteiger partial charge in [0, 0.05) is 17.8 Å². The number of rotatable bonds is 3. The standard InChI is InChI=1S/C11H14N4O2/c1-6(2)8-5-10(14-13-8)12-11(16)9-4-7(3)17-15-9/h4-6H,1-3H3,(H2,12,13,14,16). The maximum absolute atomic E-state index is 11.7. The zero-order valence-corrected chi connectivity index (χ0v) is 9.94. The molecule has 2 aromatic rings. The highest BCUT2D eigenvalue weighted by molar-refractivity contribution is 6.02. The molecule has 0 fully saturated rings. The topological polar surface area (TPSA) is 83.8 Å². The van der Waals surface area contributed by atoms with Crippen LogP contribution in [0.4, 0.5) is 5.82 Å². The van der Waals surface area contributed by atoms with Gasteiger partial charge in [-0.15, -0.1) is 0 Å². The summed E-state index contributed by atoms with van der Waals surface area (Å²) in [7, 11) is 0. The summed E-state index contributed by atoms with van der Waals surface area (Å²) in [5, 5.41) is 13.1. The molecule has 17 heavy (non-hydrogen) atoms. The van der Waals surface area contributed by atoms with Crippen LogP contribution in [0.5, 0.6) is 0 Å². The number of aromatic nitrogens is 3. The fourth-order valence-corrected chi connectivity index (χ4v) is 1.35. The third kappa shape index (κ3) is 2.52. The van der Waals surface area contributed by atoms with Crippen molar-refractivity contribution in [2.24, 2.45) is 0 Å². The van der Waals surface area contributed by atoms with Gasteiger partial charge in [-0.3, -0.25) is 9.89 Å². The van der Waals surface area contributed by atoms with Crippen LogP contribution in [0.1, 0.15) is 41.7 Å². The third-order valence-electron chi connectivity index (χ3n) is 2.32. The van der Waals surface area contributed by atoms with Crippen molar-refractivity contribution in [3.8, 4) is 0 Å². The van der Waals surface area contributed by atoms with E-state index in [2.05, 4.69) is 20.7 Å². The molecule has 0 bridgehead atoms. The summed E-state index contributed by atoms with van der Waals surface area (Å²) < 4.78 is 4.83. The van der Waals surface area contributed by atoms with E-state index in [9.17, 15) is 4.79 Å². The highest BCUT2D eigenvalue weighted by Gasteiger charge is 2.13. The molecule has 0 aliphatic rings. The second kappa shape index (κ2) is 4.40. The molecular formula is C11H14N4O2. The van der Waals surface area contributed by atoms with E-state index in [4.69, 9.17) is 4.52 Å². The predicted octanol–water partition coefficient (Wildman–Crippen LogP) is 2.08.